The Morgan fingerprint density at radius 2 is 1.64 bits per heavy atom. The van der Waals surface area contributed by atoms with Crippen LogP contribution in [-0.4, -0.2) is 55.9 Å². The maximum absolute atomic E-state index is 13.5. The Hall–Kier alpha value is -3.23. The molecular formula is C28H34N4O3S. The number of carbonyl (C=O) groups excluding carboxylic acids is 1. The van der Waals surface area contributed by atoms with Gasteiger partial charge >= 0.3 is 0 Å². The second-order valence-corrected chi connectivity index (χ2v) is 11.3. The van der Waals surface area contributed by atoms with E-state index < -0.39 is 10.0 Å². The average molecular weight is 507 g/mol. The van der Waals surface area contributed by atoms with Gasteiger partial charge in [0.05, 0.1) is 17.9 Å². The van der Waals surface area contributed by atoms with E-state index in [0.29, 0.717) is 18.7 Å². The van der Waals surface area contributed by atoms with Crippen LogP contribution in [-0.2, 0) is 27.0 Å². The van der Waals surface area contributed by atoms with Crippen molar-refractivity contribution in [2.24, 2.45) is 0 Å². The number of nitrogens with one attached hydrogen (secondary N) is 1. The molecule has 7 nitrogen and oxygen atoms in total. The van der Waals surface area contributed by atoms with Crippen LogP contribution in [0.2, 0.25) is 0 Å². The minimum absolute atomic E-state index is 0.0109. The highest BCUT2D eigenvalue weighted by molar-refractivity contribution is 7.92. The number of amides is 1. The number of hydrogen-bond acceptors (Lipinski definition) is 5. The van der Waals surface area contributed by atoms with Gasteiger partial charge < -0.3 is 5.32 Å². The quantitative estimate of drug-likeness (QED) is 0.454. The van der Waals surface area contributed by atoms with E-state index >= 15 is 0 Å². The number of pyridine rings is 1. The van der Waals surface area contributed by atoms with Gasteiger partial charge in [-0.05, 0) is 49.1 Å². The average Bonchev–Trinajstić information content (AvgIpc) is 2.89. The van der Waals surface area contributed by atoms with Gasteiger partial charge in [-0.2, -0.15) is 0 Å². The largest absolute Gasteiger partial charge is 0.353 e. The monoisotopic (exact) mass is 506 g/mol. The summed E-state index contributed by atoms with van der Waals surface area (Å²) in [5.41, 5.74) is 2.35. The topological polar surface area (TPSA) is 82.6 Å². The van der Waals surface area contributed by atoms with E-state index in [-0.39, 0.29) is 23.7 Å². The minimum Gasteiger partial charge on any atom is -0.353 e. The van der Waals surface area contributed by atoms with Crippen molar-refractivity contribution in [2.45, 2.75) is 44.0 Å². The molecule has 1 N–H and O–H groups in total. The third kappa shape index (κ3) is 7.15. The van der Waals surface area contributed by atoms with E-state index in [9.17, 15) is 13.2 Å². The Balaban J connectivity index is 1.36. The van der Waals surface area contributed by atoms with Crippen molar-refractivity contribution in [2.75, 3.05) is 23.9 Å². The number of hydrogen-bond donors (Lipinski definition) is 1. The Labute approximate surface area is 214 Å². The summed E-state index contributed by atoms with van der Waals surface area (Å²) in [6.07, 6.45) is 5.42. The highest BCUT2D eigenvalue weighted by Gasteiger charge is 2.29. The van der Waals surface area contributed by atoms with Crippen LogP contribution >= 0.6 is 0 Å². The molecule has 1 amide bonds. The lowest BCUT2D eigenvalue weighted by Gasteiger charge is -2.38. The number of para-hydroxylation sites is 1. The Bertz CT molecular complexity index is 1200. The van der Waals surface area contributed by atoms with E-state index in [1.54, 1.807) is 16.7 Å². The molecule has 1 aromatic heterocycles. The lowest BCUT2D eigenvalue weighted by molar-refractivity contribution is -0.121. The van der Waals surface area contributed by atoms with Gasteiger partial charge in [-0.25, -0.2) is 8.42 Å². The molecule has 3 aromatic rings. The lowest BCUT2D eigenvalue weighted by atomic mass is 10.0. The molecule has 0 bridgehead atoms. The van der Waals surface area contributed by atoms with Crippen LogP contribution in [0.25, 0.3) is 0 Å². The zero-order valence-electron chi connectivity index (χ0n) is 20.7. The molecule has 2 aromatic carbocycles. The second kappa shape index (κ2) is 12.1. The first kappa shape index (κ1) is 25.9. The fraction of sp³-hybridized carbons (Fsp3) is 0.357. The minimum atomic E-state index is -3.57. The van der Waals surface area contributed by atoms with Gasteiger partial charge in [-0.3, -0.25) is 19.0 Å². The zero-order chi connectivity index (χ0) is 25.4. The highest BCUT2D eigenvalue weighted by Crippen LogP contribution is 2.23. The molecule has 0 aliphatic carbocycles. The standard InChI is InChI=1S/C28H34N4O3S/c1-23(31-17-14-26(15-18-31)30-28(33)19-25-11-8-16-29-20-25)21-32(27-12-6-3-7-13-27)36(34,35)22-24-9-4-2-5-10-24/h2-13,16,20,23,26H,14-15,17-19,21-22H2,1H3,(H,30,33)/t23-/m0/s1. The second-order valence-electron chi connectivity index (χ2n) is 9.37. The van der Waals surface area contributed by atoms with Crippen molar-refractivity contribution in [3.63, 3.8) is 0 Å². The number of benzene rings is 2. The molecule has 8 heteroatoms. The lowest BCUT2D eigenvalue weighted by Crippen LogP contribution is -2.51. The summed E-state index contributed by atoms with van der Waals surface area (Å²) in [5.74, 6) is -0.0303. The number of likely N-dealkylation sites (tertiary alicyclic amines) is 1. The number of nitrogens with zero attached hydrogens (tertiary/aromatic N) is 3. The molecule has 1 aliphatic rings. The van der Waals surface area contributed by atoms with Crippen LogP contribution in [0.15, 0.2) is 85.2 Å². The molecule has 190 valence electrons. The predicted octanol–water partition coefficient (Wildman–Crippen LogP) is 3.63. The molecule has 36 heavy (non-hydrogen) atoms. The van der Waals surface area contributed by atoms with Crippen molar-refractivity contribution in [3.05, 3.63) is 96.3 Å². The molecule has 0 radical (unpaired) electrons. The molecule has 1 atom stereocenters. The fourth-order valence-electron chi connectivity index (χ4n) is 4.64. The molecule has 4 rings (SSSR count). The van der Waals surface area contributed by atoms with Gasteiger partial charge in [0.15, 0.2) is 0 Å². The maximum Gasteiger partial charge on any atom is 0.239 e. The van der Waals surface area contributed by atoms with Crippen molar-refractivity contribution in [3.8, 4) is 0 Å². The van der Waals surface area contributed by atoms with Crippen LogP contribution in [0, 0.1) is 0 Å². The summed E-state index contributed by atoms with van der Waals surface area (Å²) < 4.78 is 28.5. The van der Waals surface area contributed by atoms with Gasteiger partial charge in [0, 0.05) is 44.1 Å². The van der Waals surface area contributed by atoms with Crippen molar-refractivity contribution in [1.29, 1.82) is 0 Å². The summed E-state index contributed by atoms with van der Waals surface area (Å²) in [6.45, 7) is 4.06. The molecule has 0 saturated carbocycles. The normalized spacial score (nSPS) is 15.8. The van der Waals surface area contributed by atoms with Crippen LogP contribution in [0.4, 0.5) is 5.69 Å². The molecule has 1 saturated heterocycles. The highest BCUT2D eigenvalue weighted by atomic mass is 32.2. The van der Waals surface area contributed by atoms with E-state index in [1.165, 1.54) is 0 Å². The number of rotatable bonds is 10. The van der Waals surface area contributed by atoms with Crippen molar-refractivity contribution in [1.82, 2.24) is 15.2 Å². The number of anilines is 1. The van der Waals surface area contributed by atoms with E-state index in [0.717, 1.165) is 37.1 Å². The Morgan fingerprint density at radius 1 is 1.00 bits per heavy atom. The van der Waals surface area contributed by atoms with E-state index in [1.807, 2.05) is 72.8 Å². The van der Waals surface area contributed by atoms with Crippen LogP contribution in [0.3, 0.4) is 0 Å². The first-order chi connectivity index (χ1) is 17.4. The number of sulfonamides is 1. The van der Waals surface area contributed by atoms with Crippen molar-refractivity contribution >= 4 is 21.6 Å². The number of carbonyl (C=O) groups is 1. The first-order valence-electron chi connectivity index (χ1n) is 12.4. The molecular weight excluding hydrogens is 472 g/mol. The van der Waals surface area contributed by atoms with Gasteiger partial charge in [-0.15, -0.1) is 0 Å². The van der Waals surface area contributed by atoms with Crippen LogP contribution in [0.5, 0.6) is 0 Å². The van der Waals surface area contributed by atoms with Gasteiger partial charge in [-0.1, -0.05) is 54.6 Å². The van der Waals surface area contributed by atoms with E-state index in [4.69, 9.17) is 0 Å². The smallest absolute Gasteiger partial charge is 0.239 e. The van der Waals surface area contributed by atoms with E-state index in [2.05, 4.69) is 22.1 Å². The summed E-state index contributed by atoms with van der Waals surface area (Å²) >= 11 is 0. The summed E-state index contributed by atoms with van der Waals surface area (Å²) in [4.78, 5) is 18.8. The summed E-state index contributed by atoms with van der Waals surface area (Å²) in [7, 11) is -3.57. The SMILES string of the molecule is C[C@@H](CN(c1ccccc1)S(=O)(=O)Cc1ccccc1)N1CCC(NC(=O)Cc2cccnc2)CC1. The van der Waals surface area contributed by atoms with Crippen molar-refractivity contribution < 1.29 is 13.2 Å². The third-order valence-corrected chi connectivity index (χ3v) is 8.34. The molecule has 0 spiro atoms. The Morgan fingerprint density at radius 3 is 2.28 bits per heavy atom. The zero-order valence-corrected chi connectivity index (χ0v) is 21.5. The third-order valence-electron chi connectivity index (χ3n) is 6.61. The maximum atomic E-state index is 13.5. The summed E-state index contributed by atoms with van der Waals surface area (Å²) in [6, 6.07) is 22.5. The molecule has 2 heterocycles. The van der Waals surface area contributed by atoms with Gasteiger partial charge in [0.1, 0.15) is 0 Å². The number of aromatic nitrogens is 1. The molecule has 1 fully saturated rings. The first-order valence-corrected chi connectivity index (χ1v) is 14.0. The van der Waals surface area contributed by atoms with Gasteiger partial charge in [0.2, 0.25) is 15.9 Å². The Kier molecular flexibility index (Phi) is 8.72. The molecule has 1 aliphatic heterocycles. The fourth-order valence-corrected chi connectivity index (χ4v) is 6.30. The van der Waals surface area contributed by atoms with Crippen LogP contribution < -0.4 is 9.62 Å². The number of piperidine rings is 1. The summed E-state index contributed by atoms with van der Waals surface area (Å²) in [5, 5.41) is 3.15. The van der Waals surface area contributed by atoms with Crippen LogP contribution in [0.1, 0.15) is 30.9 Å². The molecule has 0 unspecified atom stereocenters. The predicted molar refractivity (Wildman–Crippen MR) is 143 cm³/mol. The van der Waals surface area contributed by atoms with Gasteiger partial charge in [0.25, 0.3) is 0 Å².